The Kier molecular flexibility index (Phi) is 4.81. The van der Waals surface area contributed by atoms with Crippen LogP contribution in [-0.4, -0.2) is 25.0 Å². The number of hydrogen-bond donors (Lipinski definition) is 2. The van der Waals surface area contributed by atoms with Crippen LogP contribution < -0.4 is 10.6 Å². The molecular formula is C12H14BrIN2O. The van der Waals surface area contributed by atoms with E-state index in [1.54, 1.807) is 0 Å². The highest BCUT2D eigenvalue weighted by atomic mass is 127. The van der Waals surface area contributed by atoms with E-state index >= 15 is 0 Å². The van der Waals surface area contributed by atoms with Crippen LogP contribution >= 0.6 is 38.5 Å². The highest BCUT2D eigenvalue weighted by Crippen LogP contribution is 2.18. The number of halogens is 2. The van der Waals surface area contributed by atoms with E-state index in [4.69, 9.17) is 0 Å². The van der Waals surface area contributed by atoms with Gasteiger partial charge in [0.15, 0.2) is 0 Å². The van der Waals surface area contributed by atoms with Gasteiger partial charge in [0.25, 0.3) is 5.91 Å². The summed E-state index contributed by atoms with van der Waals surface area (Å²) in [6, 6.07) is 6.07. The lowest BCUT2D eigenvalue weighted by Gasteiger charge is -2.23. The summed E-state index contributed by atoms with van der Waals surface area (Å²) in [5, 5.41) is 6.39. The molecule has 1 aromatic rings. The molecule has 1 saturated heterocycles. The van der Waals surface area contributed by atoms with Gasteiger partial charge < -0.3 is 10.6 Å². The molecule has 0 radical (unpaired) electrons. The number of carbonyl (C=O) groups excluding carboxylic acids is 1. The number of piperidine rings is 1. The molecule has 3 nitrogen and oxygen atoms in total. The highest BCUT2D eigenvalue weighted by Gasteiger charge is 2.17. The molecule has 1 amide bonds. The zero-order valence-electron chi connectivity index (χ0n) is 9.30. The van der Waals surface area contributed by atoms with Crippen LogP contribution in [0.25, 0.3) is 0 Å². The van der Waals surface area contributed by atoms with Gasteiger partial charge in [-0.2, -0.15) is 0 Å². The van der Waals surface area contributed by atoms with Crippen molar-refractivity contribution < 1.29 is 4.79 Å². The summed E-state index contributed by atoms with van der Waals surface area (Å²) in [6.45, 7) is 1.97. The minimum absolute atomic E-state index is 0.0302. The monoisotopic (exact) mass is 408 g/mol. The maximum Gasteiger partial charge on any atom is 0.252 e. The van der Waals surface area contributed by atoms with Gasteiger partial charge in [-0.3, -0.25) is 4.79 Å². The van der Waals surface area contributed by atoms with Crippen LogP contribution in [0.3, 0.4) is 0 Å². The first-order valence-electron chi connectivity index (χ1n) is 5.63. The van der Waals surface area contributed by atoms with E-state index in [0.29, 0.717) is 6.04 Å². The Balaban J connectivity index is 2.05. The fraction of sp³-hybridized carbons (Fsp3) is 0.417. The minimum atomic E-state index is 0.0302. The second kappa shape index (κ2) is 6.15. The van der Waals surface area contributed by atoms with Crippen molar-refractivity contribution >= 4 is 44.4 Å². The van der Waals surface area contributed by atoms with Gasteiger partial charge in [-0.1, -0.05) is 15.9 Å². The quantitative estimate of drug-likeness (QED) is 0.738. The lowest BCUT2D eigenvalue weighted by atomic mass is 10.1. The maximum atomic E-state index is 12.1. The van der Waals surface area contributed by atoms with Gasteiger partial charge in [0, 0.05) is 14.1 Å². The van der Waals surface area contributed by atoms with Gasteiger partial charge in [-0.05, 0) is 66.7 Å². The van der Waals surface area contributed by atoms with Gasteiger partial charge in [0.05, 0.1) is 5.56 Å². The Bertz CT molecular complexity index is 419. The zero-order valence-corrected chi connectivity index (χ0v) is 13.0. The summed E-state index contributed by atoms with van der Waals surface area (Å²) in [6.07, 6.45) is 2.02. The third kappa shape index (κ3) is 3.66. The number of hydrogen-bond acceptors (Lipinski definition) is 2. The SMILES string of the molecule is O=C(NC1CCNCC1)c1cc(Br)ccc1I. The van der Waals surface area contributed by atoms with Crippen molar-refractivity contribution in [3.05, 3.63) is 31.8 Å². The molecule has 1 aliphatic heterocycles. The van der Waals surface area contributed by atoms with Crippen LogP contribution in [0.4, 0.5) is 0 Å². The predicted molar refractivity (Wildman–Crippen MR) is 80.2 cm³/mol. The standard InChI is InChI=1S/C12H14BrIN2O/c13-8-1-2-11(14)10(7-8)12(17)16-9-3-5-15-6-4-9/h1-2,7,9,15H,3-6H2,(H,16,17). The Morgan fingerprint density at radius 1 is 1.41 bits per heavy atom. The maximum absolute atomic E-state index is 12.1. The van der Waals surface area contributed by atoms with Gasteiger partial charge in [0.1, 0.15) is 0 Å². The van der Waals surface area contributed by atoms with E-state index in [1.165, 1.54) is 0 Å². The molecular weight excluding hydrogens is 395 g/mol. The van der Waals surface area contributed by atoms with E-state index in [1.807, 2.05) is 18.2 Å². The fourth-order valence-electron chi connectivity index (χ4n) is 1.90. The van der Waals surface area contributed by atoms with Gasteiger partial charge >= 0.3 is 0 Å². The van der Waals surface area contributed by atoms with Crippen LogP contribution in [0.1, 0.15) is 23.2 Å². The summed E-state index contributed by atoms with van der Waals surface area (Å²) < 4.78 is 1.92. The molecule has 92 valence electrons. The molecule has 2 rings (SSSR count). The third-order valence-electron chi connectivity index (χ3n) is 2.85. The van der Waals surface area contributed by atoms with E-state index in [0.717, 1.165) is 39.5 Å². The van der Waals surface area contributed by atoms with Crippen molar-refractivity contribution in [1.82, 2.24) is 10.6 Å². The van der Waals surface area contributed by atoms with Crippen LogP contribution in [0.2, 0.25) is 0 Å². The molecule has 1 fully saturated rings. The number of nitrogens with one attached hydrogen (secondary N) is 2. The van der Waals surface area contributed by atoms with E-state index in [9.17, 15) is 4.79 Å². The van der Waals surface area contributed by atoms with Crippen LogP contribution in [-0.2, 0) is 0 Å². The molecule has 0 saturated carbocycles. The third-order valence-corrected chi connectivity index (χ3v) is 4.28. The Morgan fingerprint density at radius 3 is 2.82 bits per heavy atom. The minimum Gasteiger partial charge on any atom is -0.349 e. The zero-order chi connectivity index (χ0) is 12.3. The van der Waals surface area contributed by atoms with Crippen LogP contribution in [0, 0.1) is 3.57 Å². The van der Waals surface area contributed by atoms with Crippen molar-refractivity contribution in [3.8, 4) is 0 Å². The lowest BCUT2D eigenvalue weighted by Crippen LogP contribution is -2.42. The summed E-state index contributed by atoms with van der Waals surface area (Å²) in [7, 11) is 0. The Labute approximate surface area is 123 Å². The molecule has 1 heterocycles. The molecule has 5 heteroatoms. The molecule has 0 aromatic heterocycles. The topological polar surface area (TPSA) is 41.1 Å². The average molecular weight is 409 g/mol. The molecule has 17 heavy (non-hydrogen) atoms. The summed E-state index contributed by atoms with van der Waals surface area (Å²) in [5.74, 6) is 0.0302. The molecule has 0 spiro atoms. The van der Waals surface area contributed by atoms with E-state index in [2.05, 4.69) is 49.2 Å². The normalized spacial score (nSPS) is 16.8. The predicted octanol–water partition coefficient (Wildman–Crippen LogP) is 2.54. The molecule has 2 N–H and O–H groups in total. The van der Waals surface area contributed by atoms with Crippen molar-refractivity contribution in [2.24, 2.45) is 0 Å². The molecule has 0 unspecified atom stereocenters. The summed E-state index contributed by atoms with van der Waals surface area (Å²) >= 11 is 5.59. The van der Waals surface area contributed by atoms with Gasteiger partial charge in [0.2, 0.25) is 0 Å². The number of amides is 1. The molecule has 1 aromatic carbocycles. The molecule has 0 atom stereocenters. The van der Waals surface area contributed by atoms with Crippen LogP contribution in [0.5, 0.6) is 0 Å². The van der Waals surface area contributed by atoms with Gasteiger partial charge in [-0.15, -0.1) is 0 Å². The van der Waals surface area contributed by atoms with Crippen molar-refractivity contribution in [2.45, 2.75) is 18.9 Å². The van der Waals surface area contributed by atoms with Gasteiger partial charge in [-0.25, -0.2) is 0 Å². The summed E-state index contributed by atoms with van der Waals surface area (Å²) in [5.41, 5.74) is 0.749. The lowest BCUT2D eigenvalue weighted by molar-refractivity contribution is 0.0928. The Hall–Kier alpha value is -0.140. The van der Waals surface area contributed by atoms with E-state index < -0.39 is 0 Å². The smallest absolute Gasteiger partial charge is 0.252 e. The number of rotatable bonds is 2. The van der Waals surface area contributed by atoms with E-state index in [-0.39, 0.29) is 5.91 Å². The summed E-state index contributed by atoms with van der Waals surface area (Å²) in [4.78, 5) is 12.1. The first kappa shape index (κ1) is 13.3. The van der Waals surface area contributed by atoms with Crippen LogP contribution in [0.15, 0.2) is 22.7 Å². The van der Waals surface area contributed by atoms with Crippen molar-refractivity contribution in [1.29, 1.82) is 0 Å². The molecule has 1 aliphatic rings. The Morgan fingerprint density at radius 2 is 2.12 bits per heavy atom. The largest absolute Gasteiger partial charge is 0.349 e. The van der Waals surface area contributed by atoms with Crippen molar-refractivity contribution in [2.75, 3.05) is 13.1 Å². The average Bonchev–Trinajstić information content (AvgIpc) is 2.33. The first-order chi connectivity index (χ1) is 8.16. The fourth-order valence-corrected chi connectivity index (χ4v) is 2.84. The molecule has 0 bridgehead atoms. The highest BCUT2D eigenvalue weighted by molar-refractivity contribution is 14.1. The second-order valence-corrected chi connectivity index (χ2v) is 6.20. The molecule has 0 aliphatic carbocycles. The van der Waals surface area contributed by atoms with Crippen molar-refractivity contribution in [3.63, 3.8) is 0 Å². The number of carbonyl (C=O) groups is 1. The number of benzene rings is 1. The first-order valence-corrected chi connectivity index (χ1v) is 7.50. The second-order valence-electron chi connectivity index (χ2n) is 4.12.